The van der Waals surface area contributed by atoms with E-state index in [1.165, 1.54) is 0 Å². The molecule has 0 radical (unpaired) electrons. The van der Waals surface area contributed by atoms with Gasteiger partial charge < -0.3 is 9.84 Å². The number of hydrogen-bond acceptors (Lipinski definition) is 3. The number of ether oxygens (including phenoxy) is 1. The van der Waals surface area contributed by atoms with Crippen LogP contribution in [0.3, 0.4) is 0 Å². The lowest BCUT2D eigenvalue weighted by Crippen LogP contribution is -2.18. The SMILES string of the molecule is CC(C)(c1ccc(O)cc1)c1ccc(Oc2ccc(C(=O)c3ccccc3)cc2)cc1. The monoisotopic (exact) mass is 408 g/mol. The maximum Gasteiger partial charge on any atom is 0.193 e. The Morgan fingerprint density at radius 2 is 1.10 bits per heavy atom. The van der Waals surface area contributed by atoms with Crippen molar-refractivity contribution in [2.24, 2.45) is 0 Å². The van der Waals surface area contributed by atoms with Crippen LogP contribution in [0.25, 0.3) is 0 Å². The third kappa shape index (κ3) is 4.51. The number of aromatic hydroxyl groups is 1. The fraction of sp³-hybridized carbons (Fsp3) is 0.107. The summed E-state index contributed by atoms with van der Waals surface area (Å²) in [6, 6.07) is 31.7. The molecule has 0 heterocycles. The van der Waals surface area contributed by atoms with Crippen molar-refractivity contribution in [1.29, 1.82) is 0 Å². The van der Waals surface area contributed by atoms with Crippen LogP contribution in [0.4, 0.5) is 0 Å². The van der Waals surface area contributed by atoms with E-state index in [0.29, 0.717) is 16.9 Å². The fourth-order valence-electron chi connectivity index (χ4n) is 3.55. The topological polar surface area (TPSA) is 46.5 Å². The van der Waals surface area contributed by atoms with Crippen molar-refractivity contribution in [1.82, 2.24) is 0 Å². The molecule has 0 spiro atoms. The van der Waals surface area contributed by atoms with Crippen LogP contribution in [0.15, 0.2) is 103 Å². The first-order chi connectivity index (χ1) is 14.9. The van der Waals surface area contributed by atoms with Crippen LogP contribution in [0.1, 0.15) is 40.9 Å². The van der Waals surface area contributed by atoms with E-state index in [1.54, 1.807) is 24.3 Å². The lowest BCUT2D eigenvalue weighted by Gasteiger charge is -2.26. The maximum atomic E-state index is 12.5. The second-order valence-electron chi connectivity index (χ2n) is 8.02. The third-order valence-electron chi connectivity index (χ3n) is 5.55. The summed E-state index contributed by atoms with van der Waals surface area (Å²) in [4.78, 5) is 12.5. The van der Waals surface area contributed by atoms with E-state index in [4.69, 9.17) is 4.74 Å². The van der Waals surface area contributed by atoms with E-state index >= 15 is 0 Å². The van der Waals surface area contributed by atoms with E-state index in [9.17, 15) is 9.90 Å². The normalized spacial score (nSPS) is 11.2. The van der Waals surface area contributed by atoms with Gasteiger partial charge in [0.2, 0.25) is 0 Å². The Kier molecular flexibility index (Phi) is 5.59. The Bertz CT molecular complexity index is 1160. The van der Waals surface area contributed by atoms with Crippen LogP contribution in [0, 0.1) is 0 Å². The van der Waals surface area contributed by atoms with Crippen LogP contribution < -0.4 is 4.74 Å². The van der Waals surface area contributed by atoms with Gasteiger partial charge in [0, 0.05) is 16.5 Å². The summed E-state index contributed by atoms with van der Waals surface area (Å²) in [6.07, 6.45) is 0. The molecule has 0 bridgehead atoms. The molecule has 0 fully saturated rings. The number of ketones is 1. The number of phenolic OH excluding ortho intramolecular Hbond substituents is 1. The van der Waals surface area contributed by atoms with Gasteiger partial charge in [0.05, 0.1) is 0 Å². The third-order valence-corrected chi connectivity index (χ3v) is 5.55. The minimum absolute atomic E-state index is 0.00651. The maximum absolute atomic E-state index is 12.5. The van der Waals surface area contributed by atoms with Crippen LogP contribution in [-0.2, 0) is 5.41 Å². The molecule has 0 amide bonds. The van der Waals surface area contributed by atoms with Crippen molar-refractivity contribution in [3.8, 4) is 17.2 Å². The highest BCUT2D eigenvalue weighted by atomic mass is 16.5. The molecule has 0 aliphatic heterocycles. The molecule has 0 aliphatic rings. The quantitative estimate of drug-likeness (QED) is 0.359. The summed E-state index contributed by atoms with van der Waals surface area (Å²) in [6.45, 7) is 4.30. The van der Waals surface area contributed by atoms with Crippen LogP contribution >= 0.6 is 0 Å². The number of phenols is 1. The zero-order valence-electron chi connectivity index (χ0n) is 17.6. The van der Waals surface area contributed by atoms with Gasteiger partial charge in [0.1, 0.15) is 17.2 Å². The van der Waals surface area contributed by atoms with Gasteiger partial charge in [0.15, 0.2) is 5.78 Å². The summed E-state index contributed by atoms with van der Waals surface area (Å²) in [5.41, 5.74) is 3.37. The Labute approximate surface area is 182 Å². The van der Waals surface area contributed by atoms with Crippen molar-refractivity contribution in [3.63, 3.8) is 0 Å². The number of carbonyl (C=O) groups is 1. The summed E-state index contributed by atoms with van der Waals surface area (Å²) in [7, 11) is 0. The first-order valence-electron chi connectivity index (χ1n) is 10.2. The molecule has 4 aromatic carbocycles. The molecule has 0 aliphatic carbocycles. The lowest BCUT2D eigenvalue weighted by atomic mass is 9.78. The van der Waals surface area contributed by atoms with Crippen molar-refractivity contribution in [2.75, 3.05) is 0 Å². The number of hydrogen-bond donors (Lipinski definition) is 1. The molecular formula is C28H24O3. The lowest BCUT2D eigenvalue weighted by molar-refractivity contribution is 0.103. The molecule has 3 heteroatoms. The predicted octanol–water partition coefficient (Wildman–Crippen LogP) is 6.74. The molecule has 0 unspecified atom stereocenters. The van der Waals surface area contributed by atoms with Crippen molar-refractivity contribution in [2.45, 2.75) is 19.3 Å². The van der Waals surface area contributed by atoms with Gasteiger partial charge in [-0.15, -0.1) is 0 Å². The smallest absolute Gasteiger partial charge is 0.193 e. The molecule has 0 atom stereocenters. The van der Waals surface area contributed by atoms with Crippen molar-refractivity contribution in [3.05, 3.63) is 125 Å². The Hall–Kier alpha value is -3.85. The molecule has 0 saturated heterocycles. The van der Waals surface area contributed by atoms with E-state index < -0.39 is 0 Å². The van der Waals surface area contributed by atoms with Gasteiger partial charge in [-0.3, -0.25) is 4.79 Å². The van der Waals surface area contributed by atoms with Crippen LogP contribution in [0.2, 0.25) is 0 Å². The molecular weight excluding hydrogens is 384 g/mol. The van der Waals surface area contributed by atoms with Crippen LogP contribution in [0.5, 0.6) is 17.2 Å². The summed E-state index contributed by atoms with van der Waals surface area (Å²) >= 11 is 0. The Morgan fingerprint density at radius 1 is 0.645 bits per heavy atom. The second kappa shape index (κ2) is 8.49. The Balaban J connectivity index is 1.46. The minimum atomic E-state index is -0.203. The predicted molar refractivity (Wildman–Crippen MR) is 123 cm³/mol. The molecule has 4 aromatic rings. The molecule has 4 rings (SSSR count). The minimum Gasteiger partial charge on any atom is -0.508 e. The Morgan fingerprint density at radius 3 is 1.65 bits per heavy atom. The van der Waals surface area contributed by atoms with E-state index in [1.807, 2.05) is 66.7 Å². The number of rotatable bonds is 6. The van der Waals surface area contributed by atoms with Crippen molar-refractivity contribution < 1.29 is 14.6 Å². The van der Waals surface area contributed by atoms with E-state index in [-0.39, 0.29) is 16.9 Å². The van der Waals surface area contributed by atoms with Gasteiger partial charge in [-0.25, -0.2) is 0 Å². The van der Waals surface area contributed by atoms with Gasteiger partial charge in [-0.2, -0.15) is 0 Å². The van der Waals surface area contributed by atoms with Crippen LogP contribution in [-0.4, -0.2) is 10.9 Å². The zero-order valence-corrected chi connectivity index (χ0v) is 17.6. The molecule has 0 aromatic heterocycles. The van der Waals surface area contributed by atoms with Gasteiger partial charge >= 0.3 is 0 Å². The first kappa shape index (κ1) is 20.4. The molecule has 0 saturated carbocycles. The summed E-state index contributed by atoms with van der Waals surface area (Å²) in [5.74, 6) is 1.66. The highest BCUT2D eigenvalue weighted by Gasteiger charge is 2.23. The molecule has 154 valence electrons. The summed E-state index contributed by atoms with van der Waals surface area (Å²) < 4.78 is 5.96. The second-order valence-corrected chi connectivity index (χ2v) is 8.02. The van der Waals surface area contributed by atoms with E-state index in [0.717, 1.165) is 16.9 Å². The van der Waals surface area contributed by atoms with E-state index in [2.05, 4.69) is 26.0 Å². The summed E-state index contributed by atoms with van der Waals surface area (Å²) in [5, 5.41) is 9.54. The molecule has 31 heavy (non-hydrogen) atoms. The highest BCUT2D eigenvalue weighted by Crippen LogP contribution is 2.34. The number of benzene rings is 4. The largest absolute Gasteiger partial charge is 0.508 e. The highest BCUT2D eigenvalue weighted by molar-refractivity contribution is 6.08. The average Bonchev–Trinajstić information content (AvgIpc) is 2.80. The molecule has 1 N–H and O–H groups in total. The van der Waals surface area contributed by atoms with Gasteiger partial charge in [0.25, 0.3) is 0 Å². The molecule has 3 nitrogen and oxygen atoms in total. The van der Waals surface area contributed by atoms with Gasteiger partial charge in [-0.05, 0) is 59.7 Å². The zero-order chi connectivity index (χ0) is 21.8. The first-order valence-corrected chi connectivity index (χ1v) is 10.2. The fourth-order valence-corrected chi connectivity index (χ4v) is 3.55. The van der Waals surface area contributed by atoms with Crippen molar-refractivity contribution >= 4 is 5.78 Å². The van der Waals surface area contributed by atoms with Gasteiger partial charge in [-0.1, -0.05) is 68.4 Å². The number of carbonyl (C=O) groups excluding carboxylic acids is 1. The standard InChI is InChI=1S/C28H24O3/c1-28(2,22-10-14-24(29)15-11-22)23-12-18-26(19-13-23)31-25-16-8-21(9-17-25)27(30)20-6-4-3-5-7-20/h3-19,29H,1-2H3. The average molecular weight is 408 g/mol.